The van der Waals surface area contributed by atoms with Crippen LogP contribution in [-0.4, -0.2) is 21.0 Å². The summed E-state index contributed by atoms with van der Waals surface area (Å²) >= 11 is 6.11. The molecule has 0 aliphatic rings. The molecule has 1 amide bonds. The van der Waals surface area contributed by atoms with Gasteiger partial charge in [-0.25, -0.2) is 0 Å². The van der Waals surface area contributed by atoms with Crippen LogP contribution in [0, 0.1) is 0 Å². The van der Waals surface area contributed by atoms with Gasteiger partial charge >= 0.3 is 0 Å². The van der Waals surface area contributed by atoms with E-state index in [1.54, 1.807) is 24.4 Å². The summed E-state index contributed by atoms with van der Waals surface area (Å²) < 4.78 is 0. The van der Waals surface area contributed by atoms with Crippen molar-refractivity contribution in [1.82, 2.24) is 9.97 Å². The molecule has 0 aliphatic carbocycles. The average Bonchev–Trinajstić information content (AvgIpc) is 2.50. The van der Waals surface area contributed by atoms with Crippen molar-refractivity contribution in [2.45, 2.75) is 0 Å². The second-order valence-corrected chi connectivity index (χ2v) is 4.79. The molecule has 0 radical (unpaired) electrons. The van der Waals surface area contributed by atoms with Crippen LogP contribution in [0.15, 0.2) is 48.9 Å². The van der Waals surface area contributed by atoms with Gasteiger partial charge in [-0.1, -0.05) is 11.6 Å². The third-order valence-corrected chi connectivity index (χ3v) is 3.28. The molecule has 2 N–H and O–H groups in total. The third-order valence-electron chi connectivity index (χ3n) is 2.95. The van der Waals surface area contributed by atoms with Gasteiger partial charge in [0, 0.05) is 17.8 Å². The van der Waals surface area contributed by atoms with Gasteiger partial charge in [0.25, 0.3) is 5.91 Å². The molecule has 0 bridgehead atoms. The number of amides is 1. The van der Waals surface area contributed by atoms with Crippen LogP contribution in [0.1, 0.15) is 10.4 Å². The van der Waals surface area contributed by atoms with Crippen LogP contribution in [0.5, 0.6) is 5.75 Å². The number of nitrogens with one attached hydrogen (secondary N) is 1. The van der Waals surface area contributed by atoms with E-state index in [4.69, 9.17) is 11.6 Å². The van der Waals surface area contributed by atoms with Crippen molar-refractivity contribution in [3.63, 3.8) is 0 Å². The SMILES string of the molecule is O=C(Nc1ccc(Cl)c2cccnc12)c1cncc(O)c1. The lowest BCUT2D eigenvalue weighted by molar-refractivity contribution is 0.102. The molecule has 1 aromatic carbocycles. The number of benzene rings is 1. The van der Waals surface area contributed by atoms with Gasteiger partial charge in [0.2, 0.25) is 0 Å². The summed E-state index contributed by atoms with van der Waals surface area (Å²) in [5, 5.41) is 13.4. The Hall–Kier alpha value is -2.66. The number of hydrogen-bond donors (Lipinski definition) is 2. The number of rotatable bonds is 2. The summed E-state index contributed by atoms with van der Waals surface area (Å²) in [5.74, 6) is -0.450. The fourth-order valence-electron chi connectivity index (χ4n) is 1.99. The highest BCUT2D eigenvalue weighted by molar-refractivity contribution is 6.36. The first-order valence-electron chi connectivity index (χ1n) is 6.14. The molecule has 3 rings (SSSR count). The Balaban J connectivity index is 1.99. The number of carbonyl (C=O) groups excluding carboxylic acids is 1. The van der Waals surface area contributed by atoms with E-state index in [0.717, 1.165) is 5.39 Å². The van der Waals surface area contributed by atoms with E-state index >= 15 is 0 Å². The molecule has 0 aliphatic heterocycles. The predicted octanol–water partition coefficient (Wildman–Crippen LogP) is 3.24. The number of fused-ring (bicyclic) bond motifs is 1. The number of nitrogens with zero attached hydrogens (tertiary/aromatic N) is 2. The van der Waals surface area contributed by atoms with Crippen molar-refractivity contribution in [3.8, 4) is 5.75 Å². The smallest absolute Gasteiger partial charge is 0.257 e. The molecular weight excluding hydrogens is 290 g/mol. The molecule has 5 nitrogen and oxygen atoms in total. The van der Waals surface area contributed by atoms with E-state index < -0.39 is 0 Å². The van der Waals surface area contributed by atoms with Crippen LogP contribution in [0.3, 0.4) is 0 Å². The predicted molar refractivity (Wildman–Crippen MR) is 80.6 cm³/mol. The Bertz CT molecular complexity index is 836. The Morgan fingerprint density at radius 2 is 2.10 bits per heavy atom. The monoisotopic (exact) mass is 299 g/mol. The fourth-order valence-corrected chi connectivity index (χ4v) is 2.20. The zero-order valence-electron chi connectivity index (χ0n) is 10.7. The van der Waals surface area contributed by atoms with Crippen molar-refractivity contribution in [2.75, 3.05) is 5.32 Å². The van der Waals surface area contributed by atoms with E-state index in [0.29, 0.717) is 16.2 Å². The molecule has 0 spiro atoms. The number of aromatic hydroxyl groups is 1. The van der Waals surface area contributed by atoms with Crippen molar-refractivity contribution >= 4 is 34.1 Å². The minimum atomic E-state index is -0.382. The van der Waals surface area contributed by atoms with Crippen molar-refractivity contribution in [3.05, 3.63) is 59.5 Å². The molecular formula is C15H10ClN3O2. The van der Waals surface area contributed by atoms with Crippen molar-refractivity contribution in [1.29, 1.82) is 0 Å². The number of pyridine rings is 2. The van der Waals surface area contributed by atoms with E-state index in [2.05, 4.69) is 15.3 Å². The van der Waals surface area contributed by atoms with E-state index in [1.165, 1.54) is 18.5 Å². The molecule has 0 unspecified atom stereocenters. The van der Waals surface area contributed by atoms with Gasteiger partial charge in [-0.15, -0.1) is 0 Å². The highest BCUT2D eigenvalue weighted by Crippen LogP contribution is 2.28. The molecule has 21 heavy (non-hydrogen) atoms. The lowest BCUT2D eigenvalue weighted by atomic mass is 10.1. The highest BCUT2D eigenvalue weighted by Gasteiger charge is 2.11. The topological polar surface area (TPSA) is 75.1 Å². The first kappa shape index (κ1) is 13.3. The zero-order valence-corrected chi connectivity index (χ0v) is 11.5. The van der Waals surface area contributed by atoms with Crippen molar-refractivity contribution in [2.24, 2.45) is 0 Å². The molecule has 3 aromatic rings. The summed E-state index contributed by atoms with van der Waals surface area (Å²) in [5.41, 5.74) is 1.41. The molecule has 0 fully saturated rings. The number of hydrogen-bond acceptors (Lipinski definition) is 4. The van der Waals surface area contributed by atoms with Gasteiger partial charge in [-0.2, -0.15) is 0 Å². The molecule has 0 saturated carbocycles. The Kier molecular flexibility index (Phi) is 3.41. The van der Waals surface area contributed by atoms with E-state index in [-0.39, 0.29) is 17.2 Å². The van der Waals surface area contributed by atoms with Crippen LogP contribution in [0.25, 0.3) is 10.9 Å². The van der Waals surface area contributed by atoms with Gasteiger partial charge in [0.1, 0.15) is 5.75 Å². The van der Waals surface area contributed by atoms with E-state index in [9.17, 15) is 9.90 Å². The van der Waals surface area contributed by atoms with Gasteiger partial charge in [0.05, 0.1) is 28.0 Å². The van der Waals surface area contributed by atoms with Crippen LogP contribution in [0.2, 0.25) is 5.02 Å². The minimum Gasteiger partial charge on any atom is -0.506 e. The molecule has 6 heteroatoms. The summed E-state index contributed by atoms with van der Waals surface area (Å²) in [7, 11) is 0. The van der Waals surface area contributed by atoms with E-state index in [1.807, 2.05) is 6.07 Å². The lowest BCUT2D eigenvalue weighted by Crippen LogP contribution is -2.12. The summed E-state index contributed by atoms with van der Waals surface area (Å²) in [6, 6.07) is 8.33. The van der Waals surface area contributed by atoms with Gasteiger partial charge < -0.3 is 10.4 Å². The summed E-state index contributed by atoms with van der Waals surface area (Å²) in [6.07, 6.45) is 4.26. The van der Waals surface area contributed by atoms with Crippen LogP contribution in [0.4, 0.5) is 5.69 Å². The Morgan fingerprint density at radius 3 is 2.90 bits per heavy atom. The third kappa shape index (κ3) is 2.64. The van der Waals surface area contributed by atoms with Gasteiger partial charge in [-0.05, 0) is 30.3 Å². The maximum absolute atomic E-state index is 12.2. The number of carbonyl (C=O) groups is 1. The highest BCUT2D eigenvalue weighted by atomic mass is 35.5. The van der Waals surface area contributed by atoms with Crippen LogP contribution in [-0.2, 0) is 0 Å². The molecule has 104 valence electrons. The lowest BCUT2D eigenvalue weighted by Gasteiger charge is -2.09. The maximum atomic E-state index is 12.2. The Labute approximate surface area is 125 Å². The van der Waals surface area contributed by atoms with Gasteiger partial charge in [0.15, 0.2) is 0 Å². The fraction of sp³-hybridized carbons (Fsp3) is 0. The molecule has 2 heterocycles. The quantitative estimate of drug-likeness (QED) is 0.761. The Morgan fingerprint density at radius 1 is 1.24 bits per heavy atom. The van der Waals surface area contributed by atoms with Crippen LogP contribution < -0.4 is 5.32 Å². The molecule has 0 saturated heterocycles. The van der Waals surface area contributed by atoms with Crippen molar-refractivity contribution < 1.29 is 9.90 Å². The number of aromatic nitrogens is 2. The van der Waals surface area contributed by atoms with Crippen LogP contribution >= 0.6 is 11.6 Å². The second-order valence-electron chi connectivity index (χ2n) is 4.38. The first-order valence-corrected chi connectivity index (χ1v) is 6.51. The number of halogens is 1. The maximum Gasteiger partial charge on any atom is 0.257 e. The minimum absolute atomic E-state index is 0.0678. The molecule has 0 atom stereocenters. The first-order chi connectivity index (χ1) is 10.1. The number of anilines is 1. The summed E-state index contributed by atoms with van der Waals surface area (Å²) in [6.45, 7) is 0. The second kappa shape index (κ2) is 5.38. The largest absolute Gasteiger partial charge is 0.506 e. The normalized spacial score (nSPS) is 10.5. The molecule has 2 aromatic heterocycles. The summed E-state index contributed by atoms with van der Waals surface area (Å²) in [4.78, 5) is 20.2. The van der Waals surface area contributed by atoms with Gasteiger partial charge in [-0.3, -0.25) is 14.8 Å². The average molecular weight is 300 g/mol. The zero-order chi connectivity index (χ0) is 14.8. The standard InChI is InChI=1S/C15H10ClN3O2/c16-12-3-4-13(14-11(12)2-1-5-18-14)19-15(21)9-6-10(20)8-17-7-9/h1-8,20H,(H,19,21).